The summed E-state index contributed by atoms with van der Waals surface area (Å²) in [5.74, 6) is 0.749. The van der Waals surface area contributed by atoms with Crippen LogP contribution in [0, 0.1) is 0 Å². The Labute approximate surface area is 75.6 Å². The zero-order valence-electron chi connectivity index (χ0n) is 6.78. The quantitative estimate of drug-likeness (QED) is 0.600. The minimum absolute atomic E-state index is 0.150. The first-order valence-corrected chi connectivity index (χ1v) is 5.14. The summed E-state index contributed by atoms with van der Waals surface area (Å²) in [6.45, 7) is 3.43. The SMILES string of the molecule is O=C1CSC(N2CCOCC2)N1. The summed E-state index contributed by atoms with van der Waals surface area (Å²) in [4.78, 5) is 13.2. The normalized spacial score (nSPS) is 32.0. The molecule has 68 valence electrons. The molecule has 0 radical (unpaired) electrons. The lowest BCUT2D eigenvalue weighted by Gasteiger charge is -2.30. The van der Waals surface area contributed by atoms with Gasteiger partial charge in [0.1, 0.15) is 5.50 Å². The number of rotatable bonds is 1. The van der Waals surface area contributed by atoms with Gasteiger partial charge in [0.05, 0.1) is 19.0 Å². The molecule has 2 saturated heterocycles. The van der Waals surface area contributed by atoms with Crippen LogP contribution in [0.1, 0.15) is 0 Å². The van der Waals surface area contributed by atoms with Gasteiger partial charge in [-0.05, 0) is 0 Å². The average Bonchev–Trinajstić information content (AvgIpc) is 2.54. The zero-order valence-corrected chi connectivity index (χ0v) is 7.60. The van der Waals surface area contributed by atoms with Gasteiger partial charge in [-0.15, -0.1) is 11.8 Å². The van der Waals surface area contributed by atoms with Crippen LogP contribution in [0.25, 0.3) is 0 Å². The van der Waals surface area contributed by atoms with Gasteiger partial charge < -0.3 is 10.1 Å². The molecule has 0 spiro atoms. The molecule has 2 aliphatic heterocycles. The Morgan fingerprint density at radius 3 is 2.83 bits per heavy atom. The molecule has 4 nitrogen and oxygen atoms in total. The Hall–Kier alpha value is -0.260. The summed E-state index contributed by atoms with van der Waals surface area (Å²) in [6, 6.07) is 0. The first-order valence-electron chi connectivity index (χ1n) is 4.09. The zero-order chi connectivity index (χ0) is 8.39. The van der Waals surface area contributed by atoms with E-state index < -0.39 is 0 Å². The van der Waals surface area contributed by atoms with E-state index in [9.17, 15) is 4.79 Å². The third kappa shape index (κ3) is 1.73. The van der Waals surface area contributed by atoms with Crippen molar-refractivity contribution in [2.75, 3.05) is 32.1 Å². The molecule has 0 aromatic carbocycles. The van der Waals surface area contributed by atoms with Crippen LogP contribution in [0.5, 0.6) is 0 Å². The Morgan fingerprint density at radius 1 is 1.50 bits per heavy atom. The summed E-state index contributed by atoms with van der Waals surface area (Å²) in [6.07, 6.45) is 0. The topological polar surface area (TPSA) is 41.6 Å². The molecule has 0 aliphatic carbocycles. The van der Waals surface area contributed by atoms with Crippen molar-refractivity contribution in [3.63, 3.8) is 0 Å². The number of carbonyl (C=O) groups excluding carboxylic acids is 1. The number of nitrogens with one attached hydrogen (secondary N) is 1. The number of nitrogens with zero attached hydrogens (tertiary/aromatic N) is 1. The average molecular weight is 188 g/mol. The third-order valence-electron chi connectivity index (χ3n) is 2.03. The van der Waals surface area contributed by atoms with E-state index in [2.05, 4.69) is 10.2 Å². The number of morpholine rings is 1. The van der Waals surface area contributed by atoms with Crippen molar-refractivity contribution in [2.45, 2.75) is 5.50 Å². The van der Waals surface area contributed by atoms with E-state index in [0.29, 0.717) is 5.75 Å². The molecule has 2 aliphatic rings. The van der Waals surface area contributed by atoms with Gasteiger partial charge in [0.15, 0.2) is 0 Å². The first-order chi connectivity index (χ1) is 5.86. The van der Waals surface area contributed by atoms with Crippen LogP contribution >= 0.6 is 11.8 Å². The predicted molar refractivity (Wildman–Crippen MR) is 46.8 cm³/mol. The molecule has 0 bridgehead atoms. The van der Waals surface area contributed by atoms with Crippen molar-refractivity contribution in [3.05, 3.63) is 0 Å². The fourth-order valence-electron chi connectivity index (χ4n) is 1.38. The van der Waals surface area contributed by atoms with E-state index in [1.807, 2.05) is 0 Å². The minimum Gasteiger partial charge on any atom is -0.379 e. The lowest BCUT2D eigenvalue weighted by Crippen LogP contribution is -2.47. The van der Waals surface area contributed by atoms with Crippen molar-refractivity contribution in [3.8, 4) is 0 Å². The number of hydrogen-bond donors (Lipinski definition) is 1. The van der Waals surface area contributed by atoms with Gasteiger partial charge >= 0.3 is 0 Å². The standard InChI is InChI=1S/C7H12N2O2S/c10-6-5-12-7(8-6)9-1-3-11-4-2-9/h7H,1-5H2,(H,8,10). The molecular weight excluding hydrogens is 176 g/mol. The van der Waals surface area contributed by atoms with Gasteiger partial charge in [-0.1, -0.05) is 0 Å². The smallest absolute Gasteiger partial charge is 0.231 e. The van der Waals surface area contributed by atoms with Crippen LogP contribution in [0.4, 0.5) is 0 Å². The Morgan fingerprint density at radius 2 is 2.25 bits per heavy atom. The van der Waals surface area contributed by atoms with Crippen LogP contribution in [-0.4, -0.2) is 48.4 Å². The highest BCUT2D eigenvalue weighted by Gasteiger charge is 2.28. The molecule has 2 rings (SSSR count). The fraction of sp³-hybridized carbons (Fsp3) is 0.857. The van der Waals surface area contributed by atoms with Gasteiger partial charge in [0.2, 0.25) is 5.91 Å². The molecule has 0 saturated carbocycles. The van der Waals surface area contributed by atoms with Gasteiger partial charge in [0, 0.05) is 13.1 Å². The molecule has 1 N–H and O–H groups in total. The number of hydrogen-bond acceptors (Lipinski definition) is 4. The van der Waals surface area contributed by atoms with Crippen molar-refractivity contribution in [2.24, 2.45) is 0 Å². The van der Waals surface area contributed by atoms with Crippen LogP contribution in [0.15, 0.2) is 0 Å². The maximum Gasteiger partial charge on any atom is 0.231 e. The number of thioether (sulfide) groups is 1. The first kappa shape index (κ1) is 8.34. The van der Waals surface area contributed by atoms with Crippen molar-refractivity contribution >= 4 is 17.7 Å². The highest BCUT2D eigenvalue weighted by atomic mass is 32.2. The number of carbonyl (C=O) groups is 1. The highest BCUT2D eigenvalue weighted by Crippen LogP contribution is 2.19. The second-order valence-electron chi connectivity index (χ2n) is 2.88. The van der Waals surface area contributed by atoms with E-state index in [0.717, 1.165) is 26.3 Å². The highest BCUT2D eigenvalue weighted by molar-refractivity contribution is 8.00. The van der Waals surface area contributed by atoms with Gasteiger partial charge in [-0.2, -0.15) is 0 Å². The van der Waals surface area contributed by atoms with E-state index in [1.54, 1.807) is 11.8 Å². The van der Waals surface area contributed by atoms with Gasteiger partial charge in [-0.25, -0.2) is 0 Å². The summed E-state index contributed by atoms with van der Waals surface area (Å²) >= 11 is 1.67. The molecule has 12 heavy (non-hydrogen) atoms. The second-order valence-corrected chi connectivity index (χ2v) is 3.95. The Kier molecular flexibility index (Phi) is 2.53. The van der Waals surface area contributed by atoms with Crippen LogP contribution in [0.2, 0.25) is 0 Å². The molecule has 0 aromatic heterocycles. The van der Waals surface area contributed by atoms with Crippen LogP contribution in [0.3, 0.4) is 0 Å². The number of amides is 1. The van der Waals surface area contributed by atoms with Gasteiger partial charge in [0.25, 0.3) is 0 Å². The summed E-state index contributed by atoms with van der Waals surface area (Å²) in [5.41, 5.74) is 0.196. The van der Waals surface area contributed by atoms with Crippen LogP contribution < -0.4 is 5.32 Å². The van der Waals surface area contributed by atoms with Crippen molar-refractivity contribution < 1.29 is 9.53 Å². The lowest BCUT2D eigenvalue weighted by atomic mass is 10.4. The molecule has 0 aromatic rings. The van der Waals surface area contributed by atoms with Crippen molar-refractivity contribution in [1.29, 1.82) is 0 Å². The maximum absolute atomic E-state index is 10.9. The minimum atomic E-state index is 0.150. The monoisotopic (exact) mass is 188 g/mol. The van der Waals surface area contributed by atoms with E-state index in [-0.39, 0.29) is 11.4 Å². The van der Waals surface area contributed by atoms with E-state index in [1.165, 1.54) is 0 Å². The van der Waals surface area contributed by atoms with E-state index >= 15 is 0 Å². The molecule has 1 unspecified atom stereocenters. The molecule has 2 fully saturated rings. The number of ether oxygens (including phenoxy) is 1. The third-order valence-corrected chi connectivity index (χ3v) is 3.19. The largest absolute Gasteiger partial charge is 0.379 e. The molecule has 5 heteroatoms. The summed E-state index contributed by atoms with van der Waals surface area (Å²) in [7, 11) is 0. The summed E-state index contributed by atoms with van der Waals surface area (Å²) < 4.78 is 5.22. The molecule has 1 atom stereocenters. The summed E-state index contributed by atoms with van der Waals surface area (Å²) in [5, 5.41) is 2.92. The Bertz CT molecular complexity index is 182. The maximum atomic E-state index is 10.9. The van der Waals surface area contributed by atoms with Crippen LogP contribution in [-0.2, 0) is 9.53 Å². The Balaban J connectivity index is 1.86. The molecule has 1 amide bonds. The predicted octanol–water partition coefficient (Wildman–Crippen LogP) is -0.535. The fourth-order valence-corrected chi connectivity index (χ4v) is 2.41. The van der Waals surface area contributed by atoms with Crippen molar-refractivity contribution in [1.82, 2.24) is 10.2 Å². The second kappa shape index (κ2) is 3.64. The van der Waals surface area contributed by atoms with Gasteiger partial charge in [-0.3, -0.25) is 9.69 Å². The lowest BCUT2D eigenvalue weighted by molar-refractivity contribution is -0.119. The molecular formula is C7H12N2O2S. The molecule has 2 heterocycles. The van der Waals surface area contributed by atoms with E-state index in [4.69, 9.17) is 4.74 Å².